The van der Waals surface area contributed by atoms with Crippen LogP contribution in [0.1, 0.15) is 53.4 Å². The SMILES string of the molecule is CCCCCC(=O)OCCOCCOCCOCCOCCOCCOCCOCC(=O)OC(C)(C)C. The van der Waals surface area contributed by atoms with Crippen LogP contribution < -0.4 is 0 Å². The Hall–Kier alpha value is -1.34. The highest BCUT2D eigenvalue weighted by molar-refractivity contribution is 5.71. The number of unbranched alkanes of at least 4 members (excludes halogenated alkanes) is 2. The molecule has 0 aromatic rings. The van der Waals surface area contributed by atoms with Crippen LogP contribution in [0, 0.1) is 0 Å². The van der Waals surface area contributed by atoms with Gasteiger partial charge in [-0.05, 0) is 27.2 Å². The third-order valence-corrected chi connectivity index (χ3v) is 4.35. The highest BCUT2D eigenvalue weighted by Crippen LogP contribution is 2.06. The van der Waals surface area contributed by atoms with Crippen molar-refractivity contribution in [1.29, 1.82) is 0 Å². The van der Waals surface area contributed by atoms with Crippen LogP contribution in [-0.4, -0.2) is 117 Å². The van der Waals surface area contributed by atoms with Gasteiger partial charge < -0.3 is 42.6 Å². The van der Waals surface area contributed by atoms with Crippen LogP contribution in [0.2, 0.25) is 0 Å². The molecule has 0 aliphatic heterocycles. The van der Waals surface area contributed by atoms with E-state index < -0.39 is 5.60 Å². The van der Waals surface area contributed by atoms with E-state index >= 15 is 0 Å². The van der Waals surface area contributed by atoms with Gasteiger partial charge in [0, 0.05) is 6.42 Å². The lowest BCUT2D eigenvalue weighted by Crippen LogP contribution is -2.27. The van der Waals surface area contributed by atoms with Crippen LogP contribution in [0.4, 0.5) is 0 Å². The van der Waals surface area contributed by atoms with Crippen molar-refractivity contribution in [2.45, 2.75) is 59.0 Å². The van der Waals surface area contributed by atoms with Gasteiger partial charge in [-0.15, -0.1) is 0 Å². The largest absolute Gasteiger partial charge is 0.463 e. The van der Waals surface area contributed by atoms with E-state index in [-0.39, 0.29) is 25.2 Å². The highest BCUT2D eigenvalue weighted by atomic mass is 16.6. The fourth-order valence-corrected chi connectivity index (χ4v) is 2.65. The minimum Gasteiger partial charge on any atom is -0.463 e. The molecule has 0 aliphatic rings. The summed E-state index contributed by atoms with van der Waals surface area (Å²) >= 11 is 0. The van der Waals surface area contributed by atoms with E-state index in [1.165, 1.54) is 0 Å². The van der Waals surface area contributed by atoms with Crippen molar-refractivity contribution in [3.8, 4) is 0 Å². The van der Waals surface area contributed by atoms with Gasteiger partial charge in [0.25, 0.3) is 0 Å². The summed E-state index contributed by atoms with van der Waals surface area (Å²) in [6.45, 7) is 13.5. The number of hydrogen-bond acceptors (Lipinski definition) is 11. The molecule has 0 spiro atoms. The normalized spacial score (nSPS) is 11.6. The van der Waals surface area contributed by atoms with E-state index in [0.29, 0.717) is 92.3 Å². The average Bonchev–Trinajstić information content (AvgIpc) is 2.83. The van der Waals surface area contributed by atoms with E-state index in [9.17, 15) is 9.59 Å². The molecular weight excluding hydrogens is 488 g/mol. The van der Waals surface area contributed by atoms with Gasteiger partial charge in [-0.3, -0.25) is 4.79 Å². The zero-order valence-corrected chi connectivity index (χ0v) is 23.4. The van der Waals surface area contributed by atoms with Crippen molar-refractivity contribution in [2.75, 3.05) is 99.1 Å². The topological polar surface area (TPSA) is 117 Å². The molecule has 0 aliphatic carbocycles. The molecule has 0 radical (unpaired) electrons. The maximum atomic E-state index is 11.5. The van der Waals surface area contributed by atoms with Crippen molar-refractivity contribution < 1.29 is 52.2 Å². The summed E-state index contributed by atoms with van der Waals surface area (Å²) in [7, 11) is 0. The van der Waals surface area contributed by atoms with Gasteiger partial charge >= 0.3 is 11.9 Å². The second-order valence-corrected chi connectivity index (χ2v) is 8.99. The summed E-state index contributed by atoms with van der Waals surface area (Å²) in [6.07, 6.45) is 3.49. The van der Waals surface area contributed by atoms with Gasteiger partial charge in [0.1, 0.15) is 18.8 Å². The maximum Gasteiger partial charge on any atom is 0.332 e. The summed E-state index contributed by atoms with van der Waals surface area (Å²) in [5, 5.41) is 0. The zero-order valence-electron chi connectivity index (χ0n) is 23.4. The standard InChI is InChI=1S/C26H50O11/c1-5-6-7-8-24(27)36-22-21-34-18-17-32-14-13-30-10-9-29-11-12-31-15-16-33-19-20-35-23-25(28)37-26(2,3)4/h5-23H2,1-4H3. The minimum atomic E-state index is -0.509. The lowest BCUT2D eigenvalue weighted by molar-refractivity contribution is -0.160. The Labute approximate surface area is 222 Å². The van der Waals surface area contributed by atoms with Gasteiger partial charge in [-0.25, -0.2) is 4.79 Å². The molecule has 220 valence electrons. The molecule has 11 nitrogen and oxygen atoms in total. The summed E-state index contributed by atoms with van der Waals surface area (Å²) in [6, 6.07) is 0. The molecule has 0 aromatic heterocycles. The summed E-state index contributed by atoms with van der Waals surface area (Å²) in [4.78, 5) is 22.9. The average molecular weight is 539 g/mol. The molecule has 0 bridgehead atoms. The molecular formula is C26H50O11. The first-order valence-electron chi connectivity index (χ1n) is 13.3. The van der Waals surface area contributed by atoms with Gasteiger partial charge in [-0.1, -0.05) is 19.8 Å². The van der Waals surface area contributed by atoms with E-state index in [0.717, 1.165) is 19.3 Å². The van der Waals surface area contributed by atoms with Gasteiger partial charge in [0.2, 0.25) is 0 Å². The molecule has 0 atom stereocenters. The molecule has 0 saturated heterocycles. The van der Waals surface area contributed by atoms with Crippen molar-refractivity contribution >= 4 is 11.9 Å². The molecule has 11 heteroatoms. The highest BCUT2D eigenvalue weighted by Gasteiger charge is 2.15. The van der Waals surface area contributed by atoms with Crippen LogP contribution in [0.25, 0.3) is 0 Å². The molecule has 0 unspecified atom stereocenters. The molecule has 0 aromatic carbocycles. The molecule has 0 rings (SSSR count). The first-order valence-corrected chi connectivity index (χ1v) is 13.3. The smallest absolute Gasteiger partial charge is 0.332 e. The number of esters is 2. The molecule has 0 saturated carbocycles. The second-order valence-electron chi connectivity index (χ2n) is 8.99. The Morgan fingerprint density at radius 1 is 0.514 bits per heavy atom. The quantitative estimate of drug-likeness (QED) is 0.113. The van der Waals surface area contributed by atoms with E-state index in [1.807, 2.05) is 20.8 Å². The van der Waals surface area contributed by atoms with Crippen LogP contribution in [-0.2, 0) is 52.2 Å². The van der Waals surface area contributed by atoms with Gasteiger partial charge in [0.15, 0.2) is 0 Å². The molecule has 0 heterocycles. The Morgan fingerprint density at radius 2 is 0.892 bits per heavy atom. The fourth-order valence-electron chi connectivity index (χ4n) is 2.65. The third kappa shape index (κ3) is 30.8. The Balaban J connectivity index is 3.15. The second kappa shape index (κ2) is 26.3. The molecule has 0 amide bonds. The number of carbonyl (C=O) groups is 2. The summed E-state index contributed by atoms with van der Waals surface area (Å²) in [5.41, 5.74) is -0.509. The van der Waals surface area contributed by atoms with Crippen LogP contribution in [0.5, 0.6) is 0 Å². The van der Waals surface area contributed by atoms with Crippen LogP contribution in [0.3, 0.4) is 0 Å². The molecule has 0 fully saturated rings. The fraction of sp³-hybridized carbons (Fsp3) is 0.923. The molecule has 0 N–H and O–H groups in total. The zero-order chi connectivity index (χ0) is 27.5. The van der Waals surface area contributed by atoms with E-state index in [4.69, 9.17) is 42.6 Å². The first kappa shape index (κ1) is 35.7. The van der Waals surface area contributed by atoms with E-state index in [2.05, 4.69) is 6.92 Å². The summed E-state index contributed by atoms with van der Waals surface area (Å²) < 4.78 is 47.8. The lowest BCUT2D eigenvalue weighted by Gasteiger charge is -2.19. The number of carbonyl (C=O) groups excluding carboxylic acids is 2. The Morgan fingerprint density at radius 3 is 1.27 bits per heavy atom. The van der Waals surface area contributed by atoms with Crippen LogP contribution >= 0.6 is 0 Å². The Kier molecular flexibility index (Phi) is 25.3. The number of ether oxygens (including phenoxy) is 9. The Bertz CT molecular complexity index is 523. The van der Waals surface area contributed by atoms with Crippen molar-refractivity contribution in [3.63, 3.8) is 0 Å². The van der Waals surface area contributed by atoms with Gasteiger partial charge in [0.05, 0.1) is 85.9 Å². The third-order valence-electron chi connectivity index (χ3n) is 4.35. The number of hydrogen-bond donors (Lipinski definition) is 0. The van der Waals surface area contributed by atoms with Crippen LogP contribution in [0.15, 0.2) is 0 Å². The van der Waals surface area contributed by atoms with E-state index in [1.54, 1.807) is 0 Å². The summed E-state index contributed by atoms with van der Waals surface area (Å²) in [5.74, 6) is -0.550. The van der Waals surface area contributed by atoms with Crippen molar-refractivity contribution in [3.05, 3.63) is 0 Å². The number of rotatable bonds is 27. The minimum absolute atomic E-state index is 0.0827. The van der Waals surface area contributed by atoms with Crippen molar-refractivity contribution in [2.24, 2.45) is 0 Å². The van der Waals surface area contributed by atoms with Crippen molar-refractivity contribution in [1.82, 2.24) is 0 Å². The predicted octanol–water partition coefficient (Wildman–Crippen LogP) is 2.57. The maximum absolute atomic E-state index is 11.5. The lowest BCUT2D eigenvalue weighted by atomic mass is 10.2. The monoisotopic (exact) mass is 538 g/mol. The first-order chi connectivity index (χ1) is 17.8. The molecule has 37 heavy (non-hydrogen) atoms. The van der Waals surface area contributed by atoms with Gasteiger partial charge in [-0.2, -0.15) is 0 Å². The predicted molar refractivity (Wildman–Crippen MR) is 137 cm³/mol.